The van der Waals surface area contributed by atoms with Crippen LogP contribution in [0.15, 0.2) is 24.3 Å². The molecule has 1 aromatic carbocycles. The number of benzene rings is 1. The molecule has 0 fully saturated rings. The number of nitrogens with zero attached hydrogens (tertiary/aromatic N) is 1. The molecule has 0 atom stereocenters. The fourth-order valence-electron chi connectivity index (χ4n) is 1.97. The number of carbonyl (C=O) groups is 2. The lowest BCUT2D eigenvalue weighted by atomic mass is 10.1. The van der Waals surface area contributed by atoms with Crippen LogP contribution in [0.3, 0.4) is 0 Å². The minimum atomic E-state index is -0.421. The molecule has 2 rings (SSSR count). The molecule has 0 aliphatic carbocycles. The summed E-state index contributed by atoms with van der Waals surface area (Å²) in [4.78, 5) is 28.4. The number of esters is 1. The Labute approximate surface area is 138 Å². The number of methoxy groups -OCH3 is 1. The summed E-state index contributed by atoms with van der Waals surface area (Å²) in [6, 6.07) is 7.29. The minimum Gasteiger partial charge on any atom is -0.497 e. The van der Waals surface area contributed by atoms with Crippen molar-refractivity contribution in [3.63, 3.8) is 0 Å². The molecule has 0 bridgehead atoms. The number of hydrogen-bond acceptors (Lipinski definition) is 6. The molecular weight excluding hydrogens is 316 g/mol. The maximum Gasteiger partial charge on any atom is 0.350 e. The van der Waals surface area contributed by atoms with E-state index in [9.17, 15) is 9.59 Å². The number of amides is 1. The molecule has 1 heterocycles. The van der Waals surface area contributed by atoms with Crippen LogP contribution in [0.2, 0.25) is 0 Å². The van der Waals surface area contributed by atoms with Gasteiger partial charge in [0.15, 0.2) is 5.13 Å². The predicted octanol–water partition coefficient (Wildman–Crippen LogP) is 2.82. The molecule has 1 aromatic heterocycles. The summed E-state index contributed by atoms with van der Waals surface area (Å²) in [5, 5.41) is 3.09. The summed E-state index contributed by atoms with van der Waals surface area (Å²) in [5.74, 6) is 0.0724. The van der Waals surface area contributed by atoms with Gasteiger partial charge < -0.3 is 14.8 Å². The molecule has 23 heavy (non-hydrogen) atoms. The maximum absolute atomic E-state index is 12.1. The van der Waals surface area contributed by atoms with Gasteiger partial charge >= 0.3 is 5.97 Å². The summed E-state index contributed by atoms with van der Waals surface area (Å²) in [7, 11) is 1.58. The average molecular weight is 334 g/mol. The quantitative estimate of drug-likeness (QED) is 0.822. The normalized spacial score (nSPS) is 10.2. The average Bonchev–Trinajstić information content (AvgIpc) is 2.88. The molecule has 0 radical (unpaired) electrons. The molecule has 122 valence electrons. The van der Waals surface area contributed by atoms with Gasteiger partial charge in [0.05, 0.1) is 25.8 Å². The standard InChI is InChI=1S/C16H18N2O4S/c1-4-22-15(20)14-10(2)17-16(23-14)18-13(19)9-11-6-5-7-12(8-11)21-3/h5-8H,4,9H2,1-3H3,(H,17,18,19). The lowest BCUT2D eigenvalue weighted by Crippen LogP contribution is -2.14. The number of hydrogen-bond donors (Lipinski definition) is 1. The lowest BCUT2D eigenvalue weighted by molar-refractivity contribution is -0.115. The minimum absolute atomic E-state index is 0.199. The Balaban J connectivity index is 2.02. The molecule has 1 amide bonds. The number of ether oxygens (including phenoxy) is 2. The van der Waals surface area contributed by atoms with Crippen LogP contribution in [0.4, 0.5) is 5.13 Å². The van der Waals surface area contributed by atoms with Gasteiger partial charge in [-0.2, -0.15) is 0 Å². The molecule has 0 aliphatic heterocycles. The fourth-order valence-corrected chi connectivity index (χ4v) is 2.84. The Morgan fingerprint density at radius 3 is 2.83 bits per heavy atom. The second-order valence-corrected chi connectivity index (χ2v) is 5.73. The first-order chi connectivity index (χ1) is 11.0. The van der Waals surface area contributed by atoms with E-state index in [1.165, 1.54) is 0 Å². The molecular formula is C16H18N2O4S. The third-order valence-electron chi connectivity index (χ3n) is 3.00. The number of aromatic nitrogens is 1. The summed E-state index contributed by atoms with van der Waals surface area (Å²) in [6.45, 7) is 3.75. The smallest absolute Gasteiger partial charge is 0.350 e. The Bertz CT molecular complexity index is 712. The number of rotatable bonds is 6. The van der Waals surface area contributed by atoms with Crippen LogP contribution in [0, 0.1) is 6.92 Å². The van der Waals surface area contributed by atoms with E-state index in [-0.39, 0.29) is 12.3 Å². The van der Waals surface area contributed by atoms with E-state index in [0.717, 1.165) is 16.9 Å². The van der Waals surface area contributed by atoms with Crippen LogP contribution < -0.4 is 10.1 Å². The van der Waals surface area contributed by atoms with Crippen LogP contribution in [0.5, 0.6) is 5.75 Å². The number of anilines is 1. The largest absolute Gasteiger partial charge is 0.497 e. The van der Waals surface area contributed by atoms with Crippen LogP contribution in [0.25, 0.3) is 0 Å². The highest BCUT2D eigenvalue weighted by Gasteiger charge is 2.17. The first-order valence-electron chi connectivity index (χ1n) is 7.10. The van der Waals surface area contributed by atoms with Gasteiger partial charge in [-0.15, -0.1) is 0 Å². The van der Waals surface area contributed by atoms with Crippen LogP contribution in [0.1, 0.15) is 27.9 Å². The van der Waals surface area contributed by atoms with Crippen LogP contribution in [-0.2, 0) is 16.0 Å². The number of carbonyl (C=O) groups excluding carboxylic acids is 2. The summed E-state index contributed by atoms with van der Waals surface area (Å²) in [5.41, 5.74) is 1.38. The molecule has 0 spiro atoms. The highest BCUT2D eigenvalue weighted by Crippen LogP contribution is 2.23. The van der Waals surface area contributed by atoms with E-state index >= 15 is 0 Å². The zero-order valence-corrected chi connectivity index (χ0v) is 14.0. The van der Waals surface area contributed by atoms with Gasteiger partial charge in [0.2, 0.25) is 5.91 Å². The first-order valence-corrected chi connectivity index (χ1v) is 7.92. The molecule has 0 saturated heterocycles. The van der Waals surface area contributed by atoms with Crippen molar-refractivity contribution in [3.8, 4) is 5.75 Å². The van der Waals surface area contributed by atoms with Crippen molar-refractivity contribution >= 4 is 28.3 Å². The van der Waals surface area contributed by atoms with Crippen molar-refractivity contribution in [2.45, 2.75) is 20.3 Å². The van der Waals surface area contributed by atoms with Crippen molar-refractivity contribution < 1.29 is 19.1 Å². The van der Waals surface area contributed by atoms with Crippen molar-refractivity contribution in [2.75, 3.05) is 19.0 Å². The van der Waals surface area contributed by atoms with Gasteiger partial charge in [0, 0.05) is 0 Å². The molecule has 0 saturated carbocycles. The second-order valence-electron chi connectivity index (χ2n) is 4.73. The van der Waals surface area contributed by atoms with Crippen molar-refractivity contribution in [1.82, 2.24) is 4.98 Å². The number of thiazole rings is 1. The van der Waals surface area contributed by atoms with Crippen molar-refractivity contribution in [1.29, 1.82) is 0 Å². The summed E-state index contributed by atoms with van der Waals surface area (Å²) in [6.07, 6.45) is 0.199. The Hall–Kier alpha value is -2.41. The van der Waals surface area contributed by atoms with Gasteiger partial charge in [-0.3, -0.25) is 4.79 Å². The third kappa shape index (κ3) is 4.53. The zero-order valence-electron chi connectivity index (χ0n) is 13.2. The van der Waals surface area contributed by atoms with Gasteiger partial charge in [-0.25, -0.2) is 9.78 Å². The van der Waals surface area contributed by atoms with Gasteiger partial charge in [-0.05, 0) is 31.5 Å². The van der Waals surface area contributed by atoms with E-state index in [2.05, 4.69) is 10.3 Å². The Morgan fingerprint density at radius 2 is 2.13 bits per heavy atom. The highest BCUT2D eigenvalue weighted by atomic mass is 32.1. The zero-order chi connectivity index (χ0) is 16.8. The van der Waals surface area contributed by atoms with Crippen molar-refractivity contribution in [2.24, 2.45) is 0 Å². The second kappa shape index (κ2) is 7.73. The molecule has 0 unspecified atom stereocenters. The Kier molecular flexibility index (Phi) is 5.70. The van der Waals surface area contributed by atoms with Crippen LogP contribution in [-0.4, -0.2) is 30.6 Å². The molecule has 1 N–H and O–H groups in total. The maximum atomic E-state index is 12.1. The predicted molar refractivity (Wildman–Crippen MR) is 88.1 cm³/mol. The number of aryl methyl sites for hydroxylation is 1. The number of nitrogens with one attached hydrogen (secondary N) is 1. The van der Waals surface area contributed by atoms with E-state index in [1.54, 1.807) is 27.0 Å². The molecule has 2 aromatic rings. The van der Waals surface area contributed by atoms with Crippen LogP contribution >= 0.6 is 11.3 Å². The monoisotopic (exact) mass is 334 g/mol. The van der Waals surface area contributed by atoms with E-state index in [0.29, 0.717) is 28.1 Å². The SMILES string of the molecule is CCOC(=O)c1sc(NC(=O)Cc2cccc(OC)c2)nc1C. The van der Waals surface area contributed by atoms with Gasteiger partial charge in [0.25, 0.3) is 0 Å². The highest BCUT2D eigenvalue weighted by molar-refractivity contribution is 7.17. The van der Waals surface area contributed by atoms with Crippen molar-refractivity contribution in [3.05, 3.63) is 40.4 Å². The molecule has 0 aliphatic rings. The van der Waals surface area contributed by atoms with Gasteiger partial charge in [-0.1, -0.05) is 23.5 Å². The molecule has 7 heteroatoms. The first kappa shape index (κ1) is 17.0. The lowest BCUT2D eigenvalue weighted by Gasteiger charge is -2.04. The topological polar surface area (TPSA) is 77.5 Å². The molecule has 6 nitrogen and oxygen atoms in total. The van der Waals surface area contributed by atoms with Gasteiger partial charge in [0.1, 0.15) is 10.6 Å². The summed E-state index contributed by atoms with van der Waals surface area (Å²) >= 11 is 1.11. The van der Waals surface area contributed by atoms with E-state index in [4.69, 9.17) is 9.47 Å². The third-order valence-corrected chi connectivity index (χ3v) is 4.06. The summed E-state index contributed by atoms with van der Waals surface area (Å²) < 4.78 is 10.1. The van der Waals surface area contributed by atoms with E-state index < -0.39 is 5.97 Å². The van der Waals surface area contributed by atoms with E-state index in [1.807, 2.05) is 18.2 Å². The Morgan fingerprint density at radius 1 is 1.35 bits per heavy atom. The fraction of sp³-hybridized carbons (Fsp3) is 0.312.